The Balaban J connectivity index is 1.65. The Kier molecular flexibility index (Phi) is 8.67. The molecule has 0 saturated carbocycles. The largest absolute Gasteiger partial charge is 0.465 e. The van der Waals surface area contributed by atoms with E-state index in [-0.39, 0.29) is 10.9 Å². The highest BCUT2D eigenvalue weighted by Gasteiger charge is 2.34. The lowest BCUT2D eigenvalue weighted by atomic mass is 10.0. The number of hydrogen-bond donors (Lipinski definition) is 1. The summed E-state index contributed by atoms with van der Waals surface area (Å²) in [5, 5.41) is 4.19. The van der Waals surface area contributed by atoms with Gasteiger partial charge in [-0.2, -0.15) is 18.4 Å². The predicted molar refractivity (Wildman–Crippen MR) is 131 cm³/mol. The van der Waals surface area contributed by atoms with Crippen molar-refractivity contribution in [1.29, 1.82) is 0 Å². The van der Waals surface area contributed by atoms with Crippen molar-refractivity contribution < 1.29 is 17.9 Å². The lowest BCUT2D eigenvalue weighted by Crippen LogP contribution is -2.21. The van der Waals surface area contributed by atoms with Crippen LogP contribution >= 0.6 is 0 Å². The van der Waals surface area contributed by atoms with Gasteiger partial charge in [-0.3, -0.25) is 4.79 Å². The van der Waals surface area contributed by atoms with Crippen LogP contribution in [0.3, 0.4) is 0 Å². The summed E-state index contributed by atoms with van der Waals surface area (Å²) in [6, 6.07) is 14.0. The number of ether oxygens (including phenoxy) is 1. The van der Waals surface area contributed by atoms with Crippen LogP contribution in [0, 0.1) is 12.8 Å². The molecule has 6 nitrogen and oxygen atoms in total. The number of nitrogens with zero attached hydrogens (tertiary/aromatic N) is 1. The normalized spacial score (nSPS) is 17.5. The molecule has 1 aliphatic rings. The number of hydrogen-bond acceptors (Lipinski definition) is 5. The van der Waals surface area contributed by atoms with E-state index in [1.165, 1.54) is 19.3 Å². The van der Waals surface area contributed by atoms with Crippen molar-refractivity contribution in [2.24, 2.45) is 11.0 Å². The molecule has 178 valence electrons. The van der Waals surface area contributed by atoms with E-state index < -0.39 is 15.9 Å². The molecular weight excluding hydrogens is 436 g/mol. The molecule has 7 heteroatoms. The molecular formula is C26H34N2O4S. The molecule has 0 aromatic heterocycles. The molecule has 0 radical (unpaired) electrons. The number of esters is 1. The number of benzene rings is 2. The van der Waals surface area contributed by atoms with Gasteiger partial charge in [0.2, 0.25) is 0 Å². The van der Waals surface area contributed by atoms with Gasteiger partial charge in [0.25, 0.3) is 10.0 Å². The van der Waals surface area contributed by atoms with Crippen LogP contribution in [0.15, 0.2) is 58.5 Å². The first-order valence-electron chi connectivity index (χ1n) is 11.7. The van der Waals surface area contributed by atoms with Gasteiger partial charge in [0, 0.05) is 12.0 Å². The Bertz CT molecular complexity index is 1080. The first kappa shape index (κ1) is 25.0. The maximum atomic E-state index is 12.9. The van der Waals surface area contributed by atoms with Crippen LogP contribution in [0.1, 0.15) is 75.0 Å². The van der Waals surface area contributed by atoms with E-state index in [9.17, 15) is 13.2 Å². The van der Waals surface area contributed by atoms with E-state index in [4.69, 9.17) is 4.74 Å². The number of carbonyl (C=O) groups excluding carboxylic acids is 1. The zero-order valence-corrected chi connectivity index (χ0v) is 20.5. The molecule has 0 amide bonds. The summed E-state index contributed by atoms with van der Waals surface area (Å²) in [4.78, 5) is 15.3. The Hall–Kier alpha value is -2.67. The van der Waals surface area contributed by atoms with E-state index in [1.54, 1.807) is 24.3 Å². The zero-order chi connectivity index (χ0) is 23.8. The molecule has 0 aliphatic heterocycles. The summed E-state index contributed by atoms with van der Waals surface area (Å²) in [5.74, 6) is -0.442. The quantitative estimate of drug-likeness (QED) is 0.274. The molecule has 2 unspecified atom stereocenters. The van der Waals surface area contributed by atoms with Crippen LogP contribution in [-0.2, 0) is 19.6 Å². The van der Waals surface area contributed by atoms with E-state index in [1.807, 2.05) is 31.2 Å². The minimum atomic E-state index is -3.79. The van der Waals surface area contributed by atoms with Crippen LogP contribution in [-0.4, -0.2) is 26.7 Å². The van der Waals surface area contributed by atoms with Gasteiger partial charge in [0.15, 0.2) is 0 Å². The Morgan fingerprint density at radius 1 is 1.12 bits per heavy atom. The van der Waals surface area contributed by atoms with Gasteiger partial charge in [0.1, 0.15) is 0 Å². The maximum absolute atomic E-state index is 12.9. The maximum Gasteiger partial charge on any atom is 0.313 e. The van der Waals surface area contributed by atoms with Crippen LogP contribution < -0.4 is 4.83 Å². The van der Waals surface area contributed by atoms with Gasteiger partial charge >= 0.3 is 5.97 Å². The smallest absolute Gasteiger partial charge is 0.313 e. The molecule has 1 N–H and O–H groups in total. The van der Waals surface area contributed by atoms with E-state index in [0.29, 0.717) is 24.7 Å². The van der Waals surface area contributed by atoms with Crippen molar-refractivity contribution in [3.8, 4) is 0 Å². The van der Waals surface area contributed by atoms with Gasteiger partial charge in [-0.05, 0) is 37.0 Å². The predicted octanol–water partition coefficient (Wildman–Crippen LogP) is 5.31. The van der Waals surface area contributed by atoms with Gasteiger partial charge in [-0.25, -0.2) is 0 Å². The van der Waals surface area contributed by atoms with Gasteiger partial charge in [-0.15, -0.1) is 0 Å². The Labute approximate surface area is 197 Å². The molecule has 0 spiro atoms. The molecule has 0 saturated heterocycles. The minimum absolute atomic E-state index is 0.146. The SMILES string of the molecule is CCCCCCC(C)COC(=O)C1C/C(=N/NS(=O)(=O)c2ccc(C)cc2)c2ccccc21. The second kappa shape index (κ2) is 11.5. The number of rotatable bonds is 11. The monoisotopic (exact) mass is 470 g/mol. The van der Waals surface area contributed by atoms with Crippen molar-refractivity contribution in [2.75, 3.05) is 6.61 Å². The van der Waals surface area contributed by atoms with E-state index in [2.05, 4.69) is 23.8 Å². The van der Waals surface area contributed by atoms with Crippen molar-refractivity contribution in [1.82, 2.24) is 4.83 Å². The number of aryl methyl sites for hydroxylation is 1. The zero-order valence-electron chi connectivity index (χ0n) is 19.7. The van der Waals surface area contributed by atoms with E-state index in [0.717, 1.165) is 29.5 Å². The first-order valence-corrected chi connectivity index (χ1v) is 13.2. The fraction of sp³-hybridized carbons (Fsp3) is 0.462. The van der Waals surface area contributed by atoms with Crippen molar-refractivity contribution in [3.05, 3.63) is 65.2 Å². The molecule has 1 aliphatic carbocycles. The number of carbonyl (C=O) groups is 1. The lowest BCUT2D eigenvalue weighted by Gasteiger charge is -2.15. The van der Waals surface area contributed by atoms with Crippen molar-refractivity contribution in [2.45, 2.75) is 70.1 Å². The van der Waals surface area contributed by atoms with Crippen LogP contribution in [0.5, 0.6) is 0 Å². The number of fused-ring (bicyclic) bond motifs is 1. The molecule has 0 fully saturated rings. The average Bonchev–Trinajstić information content (AvgIpc) is 3.18. The summed E-state index contributed by atoms with van der Waals surface area (Å²) in [5.41, 5.74) is 3.11. The minimum Gasteiger partial charge on any atom is -0.465 e. The Morgan fingerprint density at radius 3 is 2.58 bits per heavy atom. The molecule has 2 aromatic rings. The highest BCUT2D eigenvalue weighted by atomic mass is 32.2. The highest BCUT2D eigenvalue weighted by molar-refractivity contribution is 7.89. The molecule has 33 heavy (non-hydrogen) atoms. The van der Waals surface area contributed by atoms with Crippen molar-refractivity contribution in [3.63, 3.8) is 0 Å². The third kappa shape index (κ3) is 6.67. The van der Waals surface area contributed by atoms with Gasteiger partial charge < -0.3 is 4.74 Å². The average molecular weight is 471 g/mol. The number of unbranched alkanes of at least 4 members (excludes halogenated alkanes) is 3. The number of sulfonamides is 1. The van der Waals surface area contributed by atoms with Crippen LogP contribution in [0.25, 0.3) is 0 Å². The molecule has 0 bridgehead atoms. The topological polar surface area (TPSA) is 84.8 Å². The standard InChI is InChI=1S/C26H34N2O4S/c1-4-5-6-7-10-20(3)18-32-26(29)24-17-25(23-12-9-8-11-22(23)24)27-28-33(30,31)21-15-13-19(2)14-16-21/h8-9,11-16,20,24,28H,4-7,10,17-18H2,1-3H3/b27-25-. The van der Waals surface area contributed by atoms with Crippen LogP contribution in [0.4, 0.5) is 0 Å². The Morgan fingerprint density at radius 2 is 1.85 bits per heavy atom. The summed E-state index contributed by atoms with van der Waals surface area (Å²) in [7, 11) is -3.79. The van der Waals surface area contributed by atoms with Crippen LogP contribution in [0.2, 0.25) is 0 Å². The summed E-state index contributed by atoms with van der Waals surface area (Å²) in [6.45, 7) is 6.59. The number of nitrogens with one attached hydrogen (secondary N) is 1. The second-order valence-electron chi connectivity index (χ2n) is 8.89. The molecule has 3 rings (SSSR count). The first-order chi connectivity index (χ1) is 15.8. The third-order valence-electron chi connectivity index (χ3n) is 6.02. The van der Waals surface area contributed by atoms with Crippen molar-refractivity contribution >= 4 is 21.7 Å². The third-order valence-corrected chi connectivity index (χ3v) is 7.25. The number of hydrazone groups is 1. The second-order valence-corrected chi connectivity index (χ2v) is 10.6. The molecule has 2 aromatic carbocycles. The summed E-state index contributed by atoms with van der Waals surface area (Å²) in [6.07, 6.45) is 6.15. The lowest BCUT2D eigenvalue weighted by molar-refractivity contribution is -0.146. The molecule has 2 atom stereocenters. The molecule has 0 heterocycles. The van der Waals surface area contributed by atoms with Gasteiger partial charge in [0.05, 0.1) is 23.1 Å². The highest BCUT2D eigenvalue weighted by Crippen LogP contribution is 2.34. The van der Waals surface area contributed by atoms with E-state index >= 15 is 0 Å². The fourth-order valence-corrected chi connectivity index (χ4v) is 4.84. The fourth-order valence-electron chi connectivity index (χ4n) is 4.01. The summed E-state index contributed by atoms with van der Waals surface area (Å²) >= 11 is 0. The van der Waals surface area contributed by atoms with Gasteiger partial charge in [-0.1, -0.05) is 81.5 Å². The summed E-state index contributed by atoms with van der Waals surface area (Å²) < 4.78 is 30.9.